The van der Waals surface area contributed by atoms with Crippen LogP contribution >= 0.6 is 0 Å². The highest BCUT2D eigenvalue weighted by atomic mass is 16.5. The maximum atomic E-state index is 12.4. The standard InChI is InChI=1S/C30H40N2O5/c1-19-16-26-24(13-12-21(3)30(26,35)17-28(19)37-22(4)33)20(2)18-36-29(34)32-15-14-31-27-11-7-9-23-8-5-6-10-25(23)27/h5-11,16,20-21,24,26,28,31,35H,12-15,17-18H2,1-4H3,(H,32,34)/t20-,21-,24-,26-,28-,30-/m1/s1. The largest absolute Gasteiger partial charge is 0.458 e. The minimum atomic E-state index is -0.938. The SMILES string of the molecule is CC(=O)O[C@@H]1C[C@@]2(O)[C@H](C)CC[C@H]([C@H](C)COC(=O)NCCNc3cccc4ccccc34)[C@H]2C=C1C. The monoisotopic (exact) mass is 508 g/mol. The van der Waals surface area contributed by atoms with Gasteiger partial charge in [-0.2, -0.15) is 0 Å². The topological polar surface area (TPSA) is 96.9 Å². The summed E-state index contributed by atoms with van der Waals surface area (Å²) in [5, 5.41) is 20.2. The number of hydrogen-bond acceptors (Lipinski definition) is 6. The van der Waals surface area contributed by atoms with Crippen LogP contribution in [0.25, 0.3) is 10.8 Å². The zero-order chi connectivity index (χ0) is 26.6. The number of nitrogens with one attached hydrogen (secondary N) is 2. The second kappa shape index (κ2) is 11.5. The molecule has 0 aliphatic heterocycles. The molecule has 2 aromatic rings. The van der Waals surface area contributed by atoms with Crippen molar-refractivity contribution in [2.45, 2.75) is 58.7 Å². The summed E-state index contributed by atoms with van der Waals surface area (Å²) in [6.45, 7) is 8.84. The first kappa shape index (κ1) is 27.0. The lowest BCUT2D eigenvalue weighted by atomic mass is 9.57. The van der Waals surface area contributed by atoms with Crippen molar-refractivity contribution in [1.29, 1.82) is 0 Å². The van der Waals surface area contributed by atoms with Gasteiger partial charge in [-0.15, -0.1) is 0 Å². The third-order valence-corrected chi connectivity index (χ3v) is 8.30. The third-order valence-electron chi connectivity index (χ3n) is 8.30. The summed E-state index contributed by atoms with van der Waals surface area (Å²) in [6.07, 6.45) is 3.52. The molecule has 0 aromatic heterocycles. The molecule has 0 spiro atoms. The second-order valence-corrected chi connectivity index (χ2v) is 10.8. The van der Waals surface area contributed by atoms with Crippen LogP contribution in [0.1, 0.15) is 47.0 Å². The minimum Gasteiger partial charge on any atom is -0.458 e. The number of carbonyl (C=O) groups is 2. The number of esters is 1. The highest BCUT2D eigenvalue weighted by Crippen LogP contribution is 2.51. The van der Waals surface area contributed by atoms with Gasteiger partial charge < -0.3 is 25.2 Å². The van der Waals surface area contributed by atoms with Gasteiger partial charge >= 0.3 is 12.1 Å². The molecule has 3 N–H and O–H groups in total. The number of amides is 1. The van der Waals surface area contributed by atoms with Crippen LogP contribution in [0.2, 0.25) is 0 Å². The van der Waals surface area contributed by atoms with E-state index in [9.17, 15) is 14.7 Å². The van der Waals surface area contributed by atoms with E-state index in [1.807, 2.05) is 31.2 Å². The Morgan fingerprint density at radius 1 is 1.14 bits per heavy atom. The molecule has 0 unspecified atom stereocenters. The molecule has 0 saturated heterocycles. The number of anilines is 1. The Hall–Kier alpha value is -3.06. The maximum Gasteiger partial charge on any atom is 0.407 e. The molecule has 37 heavy (non-hydrogen) atoms. The van der Waals surface area contributed by atoms with E-state index >= 15 is 0 Å². The minimum absolute atomic E-state index is 0.0605. The quantitative estimate of drug-likeness (QED) is 0.255. The van der Waals surface area contributed by atoms with Gasteiger partial charge in [0.05, 0.1) is 12.2 Å². The van der Waals surface area contributed by atoms with Gasteiger partial charge in [-0.05, 0) is 54.5 Å². The Kier molecular flexibility index (Phi) is 8.42. The summed E-state index contributed by atoms with van der Waals surface area (Å²) in [5.74, 6) is -0.0375. The fraction of sp³-hybridized carbons (Fsp3) is 0.533. The smallest absolute Gasteiger partial charge is 0.407 e. The zero-order valence-corrected chi connectivity index (χ0v) is 22.3. The maximum absolute atomic E-state index is 12.4. The van der Waals surface area contributed by atoms with Gasteiger partial charge in [0.25, 0.3) is 0 Å². The van der Waals surface area contributed by atoms with Crippen molar-refractivity contribution >= 4 is 28.5 Å². The highest BCUT2D eigenvalue weighted by molar-refractivity contribution is 5.93. The van der Waals surface area contributed by atoms with E-state index < -0.39 is 11.7 Å². The van der Waals surface area contributed by atoms with Crippen molar-refractivity contribution in [3.63, 3.8) is 0 Å². The number of alkyl carbamates (subject to hydrolysis) is 1. The summed E-state index contributed by atoms with van der Waals surface area (Å²) < 4.78 is 11.1. The number of aliphatic hydroxyl groups is 1. The Labute approximate surface area is 219 Å². The van der Waals surface area contributed by atoms with E-state index in [2.05, 4.69) is 48.8 Å². The molecule has 0 radical (unpaired) electrons. The van der Waals surface area contributed by atoms with Crippen LogP contribution in [0, 0.1) is 23.7 Å². The number of fused-ring (bicyclic) bond motifs is 2. The molecule has 1 amide bonds. The summed E-state index contributed by atoms with van der Waals surface area (Å²) in [4.78, 5) is 23.9. The summed E-state index contributed by atoms with van der Waals surface area (Å²) in [6, 6.07) is 14.3. The predicted molar refractivity (Wildman–Crippen MR) is 145 cm³/mol. The van der Waals surface area contributed by atoms with Crippen LogP contribution in [-0.4, -0.2) is 48.6 Å². The number of rotatable bonds is 8. The molecule has 200 valence electrons. The van der Waals surface area contributed by atoms with Crippen LogP contribution in [0.5, 0.6) is 0 Å². The van der Waals surface area contributed by atoms with Gasteiger partial charge in [0.1, 0.15) is 6.10 Å². The molecule has 1 saturated carbocycles. The van der Waals surface area contributed by atoms with Crippen molar-refractivity contribution in [3.8, 4) is 0 Å². The molecule has 0 heterocycles. The van der Waals surface area contributed by atoms with E-state index in [1.54, 1.807) is 0 Å². The molecule has 0 bridgehead atoms. The molecule has 6 atom stereocenters. The Morgan fingerprint density at radius 2 is 1.89 bits per heavy atom. The number of ether oxygens (including phenoxy) is 2. The molecule has 7 nitrogen and oxygen atoms in total. The number of benzene rings is 2. The van der Waals surface area contributed by atoms with Gasteiger partial charge in [0.2, 0.25) is 0 Å². The van der Waals surface area contributed by atoms with Crippen LogP contribution in [0.3, 0.4) is 0 Å². The molecular weight excluding hydrogens is 468 g/mol. The number of carbonyl (C=O) groups excluding carboxylic acids is 2. The van der Waals surface area contributed by atoms with Crippen molar-refractivity contribution in [3.05, 3.63) is 54.1 Å². The van der Waals surface area contributed by atoms with Crippen LogP contribution in [0.4, 0.5) is 10.5 Å². The van der Waals surface area contributed by atoms with Crippen LogP contribution < -0.4 is 10.6 Å². The van der Waals surface area contributed by atoms with Crippen LogP contribution in [-0.2, 0) is 14.3 Å². The zero-order valence-electron chi connectivity index (χ0n) is 22.3. The lowest BCUT2D eigenvalue weighted by Crippen LogP contribution is -2.56. The average Bonchev–Trinajstić information content (AvgIpc) is 2.87. The lowest BCUT2D eigenvalue weighted by molar-refractivity contribution is -0.159. The van der Waals surface area contributed by atoms with E-state index in [0.717, 1.165) is 29.5 Å². The van der Waals surface area contributed by atoms with E-state index in [0.29, 0.717) is 19.5 Å². The highest BCUT2D eigenvalue weighted by Gasteiger charge is 2.52. The summed E-state index contributed by atoms with van der Waals surface area (Å²) in [7, 11) is 0. The lowest BCUT2D eigenvalue weighted by Gasteiger charge is -2.52. The number of hydrogen-bond donors (Lipinski definition) is 3. The molecule has 1 fully saturated rings. The average molecular weight is 509 g/mol. The summed E-state index contributed by atoms with van der Waals surface area (Å²) >= 11 is 0. The normalized spacial score (nSPS) is 28.0. The van der Waals surface area contributed by atoms with E-state index in [4.69, 9.17) is 9.47 Å². The molecular formula is C30H40N2O5. The molecule has 4 rings (SSSR count). The van der Waals surface area contributed by atoms with Gasteiger partial charge in [0.15, 0.2) is 0 Å². The van der Waals surface area contributed by atoms with Crippen LogP contribution in [0.15, 0.2) is 54.1 Å². The van der Waals surface area contributed by atoms with Crippen molar-refractivity contribution < 1.29 is 24.2 Å². The first-order valence-electron chi connectivity index (χ1n) is 13.4. The Bertz CT molecular complexity index is 1140. The van der Waals surface area contributed by atoms with Crippen molar-refractivity contribution in [1.82, 2.24) is 5.32 Å². The van der Waals surface area contributed by atoms with Gasteiger partial charge in [-0.1, -0.05) is 56.3 Å². The molecule has 2 aliphatic rings. The van der Waals surface area contributed by atoms with Crippen molar-refractivity contribution in [2.75, 3.05) is 25.0 Å². The first-order chi connectivity index (χ1) is 17.7. The Balaban J connectivity index is 1.27. The van der Waals surface area contributed by atoms with E-state index in [-0.39, 0.29) is 42.4 Å². The van der Waals surface area contributed by atoms with E-state index in [1.165, 1.54) is 12.3 Å². The van der Waals surface area contributed by atoms with Crippen molar-refractivity contribution in [2.24, 2.45) is 23.7 Å². The molecule has 2 aromatic carbocycles. The van der Waals surface area contributed by atoms with Gasteiger partial charge in [-0.3, -0.25) is 4.79 Å². The van der Waals surface area contributed by atoms with Gasteiger partial charge in [-0.25, -0.2) is 4.79 Å². The fourth-order valence-corrected chi connectivity index (χ4v) is 6.12. The summed E-state index contributed by atoms with van der Waals surface area (Å²) in [5.41, 5.74) is 1.08. The molecule has 2 aliphatic carbocycles. The fourth-order valence-electron chi connectivity index (χ4n) is 6.12. The Morgan fingerprint density at radius 3 is 2.68 bits per heavy atom. The van der Waals surface area contributed by atoms with Gasteiger partial charge in [0, 0.05) is 43.4 Å². The second-order valence-electron chi connectivity index (χ2n) is 10.8. The molecule has 7 heteroatoms. The third kappa shape index (κ3) is 6.09. The first-order valence-corrected chi connectivity index (χ1v) is 13.4. The predicted octanol–water partition coefficient (Wildman–Crippen LogP) is 5.29.